The summed E-state index contributed by atoms with van der Waals surface area (Å²) in [6.45, 7) is 3.62. The molecule has 1 aromatic rings. The lowest BCUT2D eigenvalue weighted by Gasteiger charge is -2.07. The summed E-state index contributed by atoms with van der Waals surface area (Å²) in [5.41, 5.74) is 0. The summed E-state index contributed by atoms with van der Waals surface area (Å²) in [7, 11) is 0. The fourth-order valence-corrected chi connectivity index (χ4v) is 1.24. The molecule has 1 rings (SSSR count). The van der Waals surface area contributed by atoms with E-state index in [0.29, 0.717) is 12.8 Å². The van der Waals surface area contributed by atoms with Gasteiger partial charge in [0.15, 0.2) is 17.5 Å². The molecular formula is C13H13F3O3. The van der Waals surface area contributed by atoms with E-state index in [1.165, 1.54) is 0 Å². The average molecular weight is 274 g/mol. The predicted molar refractivity (Wildman–Crippen MR) is 62.2 cm³/mol. The van der Waals surface area contributed by atoms with Gasteiger partial charge in [0.25, 0.3) is 0 Å². The zero-order valence-corrected chi connectivity index (χ0v) is 10.1. The van der Waals surface area contributed by atoms with E-state index in [1.807, 2.05) is 0 Å². The number of carbonyl (C=O) groups is 1. The molecule has 0 aliphatic carbocycles. The van der Waals surface area contributed by atoms with E-state index in [0.717, 1.165) is 18.2 Å². The van der Waals surface area contributed by atoms with Crippen LogP contribution in [0.5, 0.6) is 5.75 Å². The van der Waals surface area contributed by atoms with Gasteiger partial charge in [-0.1, -0.05) is 6.58 Å². The molecule has 6 heteroatoms. The van der Waals surface area contributed by atoms with E-state index in [1.54, 1.807) is 0 Å². The van der Waals surface area contributed by atoms with Crippen LogP contribution in [-0.4, -0.2) is 19.2 Å². The van der Waals surface area contributed by atoms with Crippen LogP contribution < -0.4 is 4.74 Å². The number of hydrogen-bond donors (Lipinski definition) is 0. The molecule has 0 atom stereocenters. The number of ether oxygens (including phenoxy) is 2. The Morgan fingerprint density at radius 2 is 1.74 bits per heavy atom. The standard InChI is InChI=1S/C13H13F3O3/c1-2-12(17)19-6-4-3-5-18-9-7-10(14)13(16)11(15)8-9/h2,7-8H,1,3-6H2. The summed E-state index contributed by atoms with van der Waals surface area (Å²) in [6, 6.07) is 1.55. The maximum absolute atomic E-state index is 12.8. The molecule has 0 bridgehead atoms. The highest BCUT2D eigenvalue weighted by Gasteiger charge is 2.10. The highest BCUT2D eigenvalue weighted by atomic mass is 19.2. The lowest BCUT2D eigenvalue weighted by atomic mass is 10.3. The van der Waals surface area contributed by atoms with Gasteiger partial charge >= 0.3 is 5.97 Å². The molecule has 0 spiro atoms. The Bertz CT molecular complexity index is 437. The van der Waals surface area contributed by atoms with Gasteiger partial charge in [0.2, 0.25) is 0 Å². The molecule has 104 valence electrons. The monoisotopic (exact) mass is 274 g/mol. The molecule has 0 unspecified atom stereocenters. The number of hydrogen-bond acceptors (Lipinski definition) is 3. The molecule has 0 N–H and O–H groups in total. The minimum Gasteiger partial charge on any atom is -0.493 e. The molecule has 19 heavy (non-hydrogen) atoms. The summed E-state index contributed by atoms with van der Waals surface area (Å²) in [5.74, 6) is -4.71. The highest BCUT2D eigenvalue weighted by molar-refractivity contribution is 5.81. The topological polar surface area (TPSA) is 35.5 Å². The summed E-state index contributed by atoms with van der Waals surface area (Å²) in [5, 5.41) is 0. The van der Waals surface area contributed by atoms with Crippen molar-refractivity contribution in [2.24, 2.45) is 0 Å². The van der Waals surface area contributed by atoms with Gasteiger partial charge in [-0.25, -0.2) is 18.0 Å². The van der Waals surface area contributed by atoms with Crippen molar-refractivity contribution in [3.63, 3.8) is 0 Å². The maximum atomic E-state index is 12.8. The normalized spacial score (nSPS) is 10.1. The second-order valence-corrected chi connectivity index (χ2v) is 3.63. The van der Waals surface area contributed by atoms with Crippen LogP contribution in [-0.2, 0) is 9.53 Å². The van der Waals surface area contributed by atoms with Gasteiger partial charge in [-0.15, -0.1) is 0 Å². The smallest absolute Gasteiger partial charge is 0.330 e. The first-order valence-corrected chi connectivity index (χ1v) is 5.61. The Kier molecular flexibility index (Phi) is 5.92. The Balaban J connectivity index is 2.26. The van der Waals surface area contributed by atoms with Crippen LogP contribution in [0.3, 0.4) is 0 Å². The highest BCUT2D eigenvalue weighted by Crippen LogP contribution is 2.19. The molecular weight excluding hydrogens is 261 g/mol. The van der Waals surface area contributed by atoms with Gasteiger partial charge in [0, 0.05) is 18.2 Å². The first-order chi connectivity index (χ1) is 9.04. The predicted octanol–water partition coefficient (Wildman–Crippen LogP) is 2.99. The molecule has 0 fully saturated rings. The van der Waals surface area contributed by atoms with Crippen molar-refractivity contribution in [1.29, 1.82) is 0 Å². The average Bonchev–Trinajstić information content (AvgIpc) is 2.39. The van der Waals surface area contributed by atoms with Crippen molar-refractivity contribution in [3.8, 4) is 5.75 Å². The van der Waals surface area contributed by atoms with Crippen LogP contribution >= 0.6 is 0 Å². The first kappa shape index (κ1) is 15.1. The molecule has 0 aromatic heterocycles. The Labute approximate surface area is 108 Å². The van der Waals surface area contributed by atoms with E-state index >= 15 is 0 Å². The Morgan fingerprint density at radius 3 is 2.32 bits per heavy atom. The van der Waals surface area contributed by atoms with E-state index in [-0.39, 0.29) is 19.0 Å². The van der Waals surface area contributed by atoms with Gasteiger partial charge < -0.3 is 9.47 Å². The van der Waals surface area contributed by atoms with Crippen LogP contribution in [0.25, 0.3) is 0 Å². The Morgan fingerprint density at radius 1 is 1.16 bits per heavy atom. The zero-order valence-electron chi connectivity index (χ0n) is 10.1. The summed E-state index contributed by atoms with van der Waals surface area (Å²) in [6.07, 6.45) is 2.11. The molecule has 0 heterocycles. The third kappa shape index (κ3) is 5.03. The van der Waals surface area contributed by atoms with E-state index in [2.05, 4.69) is 6.58 Å². The summed E-state index contributed by atoms with van der Waals surface area (Å²) in [4.78, 5) is 10.7. The molecule has 0 radical (unpaired) electrons. The van der Waals surface area contributed by atoms with Crippen LogP contribution in [0.4, 0.5) is 13.2 Å². The summed E-state index contributed by atoms with van der Waals surface area (Å²) >= 11 is 0. The quantitative estimate of drug-likeness (QED) is 0.332. The van der Waals surface area contributed by atoms with Crippen LogP contribution in [0.2, 0.25) is 0 Å². The number of halogens is 3. The lowest BCUT2D eigenvalue weighted by molar-refractivity contribution is -0.137. The van der Waals surface area contributed by atoms with E-state index < -0.39 is 23.4 Å². The fourth-order valence-electron chi connectivity index (χ4n) is 1.24. The largest absolute Gasteiger partial charge is 0.493 e. The Hall–Kier alpha value is -1.98. The third-order valence-corrected chi connectivity index (χ3v) is 2.18. The molecule has 0 aliphatic rings. The van der Waals surface area contributed by atoms with E-state index in [9.17, 15) is 18.0 Å². The van der Waals surface area contributed by atoms with Crippen LogP contribution in [0, 0.1) is 17.5 Å². The number of carbonyl (C=O) groups excluding carboxylic acids is 1. The lowest BCUT2D eigenvalue weighted by Crippen LogP contribution is -2.05. The maximum Gasteiger partial charge on any atom is 0.330 e. The van der Waals surface area contributed by atoms with Gasteiger partial charge in [0.1, 0.15) is 5.75 Å². The van der Waals surface area contributed by atoms with Crippen molar-refractivity contribution < 1.29 is 27.4 Å². The minimum atomic E-state index is -1.52. The van der Waals surface area contributed by atoms with E-state index in [4.69, 9.17) is 9.47 Å². The van der Waals surface area contributed by atoms with Crippen LogP contribution in [0.1, 0.15) is 12.8 Å². The third-order valence-electron chi connectivity index (χ3n) is 2.18. The van der Waals surface area contributed by atoms with Crippen molar-refractivity contribution in [2.75, 3.05) is 13.2 Å². The molecule has 0 amide bonds. The minimum absolute atomic E-state index is 0.0838. The second-order valence-electron chi connectivity index (χ2n) is 3.63. The number of benzene rings is 1. The van der Waals surface area contributed by atoms with Crippen molar-refractivity contribution in [3.05, 3.63) is 42.2 Å². The zero-order chi connectivity index (χ0) is 14.3. The molecule has 1 aromatic carbocycles. The van der Waals surface area contributed by atoms with Crippen molar-refractivity contribution in [1.82, 2.24) is 0 Å². The van der Waals surface area contributed by atoms with Gasteiger partial charge in [0.05, 0.1) is 13.2 Å². The molecule has 0 aliphatic heterocycles. The molecule has 3 nitrogen and oxygen atoms in total. The fraction of sp³-hybridized carbons (Fsp3) is 0.308. The number of rotatable bonds is 7. The first-order valence-electron chi connectivity index (χ1n) is 5.61. The number of unbranched alkanes of at least 4 members (excludes halogenated alkanes) is 1. The van der Waals surface area contributed by atoms with Gasteiger partial charge in [-0.05, 0) is 12.8 Å². The number of esters is 1. The van der Waals surface area contributed by atoms with Gasteiger partial charge in [-0.3, -0.25) is 0 Å². The van der Waals surface area contributed by atoms with Crippen molar-refractivity contribution in [2.45, 2.75) is 12.8 Å². The van der Waals surface area contributed by atoms with Crippen LogP contribution in [0.15, 0.2) is 24.8 Å². The summed E-state index contributed by atoms with van der Waals surface area (Å²) < 4.78 is 48.1. The second kappa shape index (κ2) is 7.45. The molecule has 0 saturated heterocycles. The molecule has 0 saturated carbocycles. The van der Waals surface area contributed by atoms with Gasteiger partial charge in [-0.2, -0.15) is 0 Å². The van der Waals surface area contributed by atoms with Crippen molar-refractivity contribution >= 4 is 5.97 Å². The SMILES string of the molecule is C=CC(=O)OCCCCOc1cc(F)c(F)c(F)c1.